The van der Waals surface area contributed by atoms with E-state index in [-0.39, 0.29) is 5.02 Å². The maximum atomic E-state index is 12.7. The van der Waals surface area contributed by atoms with Crippen molar-refractivity contribution in [2.75, 3.05) is 0 Å². The van der Waals surface area contributed by atoms with Gasteiger partial charge in [0.15, 0.2) is 0 Å². The number of rotatable bonds is 0. The molecule has 0 aliphatic rings. The molecule has 0 saturated carbocycles. The van der Waals surface area contributed by atoms with Crippen molar-refractivity contribution in [3.05, 3.63) is 28.5 Å². The van der Waals surface area contributed by atoms with E-state index in [1.807, 2.05) is 0 Å². The average Bonchev–Trinajstić information content (AvgIpc) is 1.82. The van der Waals surface area contributed by atoms with Crippen LogP contribution in [-0.2, 0) is 0 Å². The van der Waals surface area contributed by atoms with Crippen LogP contribution in [0.3, 0.4) is 0 Å². The van der Waals surface area contributed by atoms with E-state index in [9.17, 15) is 4.39 Å². The summed E-state index contributed by atoms with van der Waals surface area (Å²) in [5.41, 5.74) is 0.715. The molecule has 0 spiro atoms. The standard InChI is InChI=1S/C7H6ClFS/c1-4-2-5(10)3-6(9)7(4)8/h2-3,10H,1H3. The van der Waals surface area contributed by atoms with E-state index in [4.69, 9.17) is 11.6 Å². The summed E-state index contributed by atoms with van der Waals surface area (Å²) in [6.45, 7) is 1.74. The van der Waals surface area contributed by atoms with Crippen molar-refractivity contribution in [3.8, 4) is 0 Å². The first kappa shape index (κ1) is 7.89. The molecule has 0 atom stereocenters. The highest BCUT2D eigenvalue weighted by molar-refractivity contribution is 7.80. The maximum absolute atomic E-state index is 12.7. The van der Waals surface area contributed by atoms with Gasteiger partial charge in [0.2, 0.25) is 0 Å². The van der Waals surface area contributed by atoms with E-state index in [0.717, 1.165) is 0 Å². The van der Waals surface area contributed by atoms with E-state index >= 15 is 0 Å². The van der Waals surface area contributed by atoms with E-state index < -0.39 is 5.82 Å². The minimum absolute atomic E-state index is 0.179. The second kappa shape index (κ2) is 2.81. The number of halogens is 2. The van der Waals surface area contributed by atoms with Crippen LogP contribution in [0.15, 0.2) is 17.0 Å². The Hall–Kier alpha value is -0.210. The number of benzene rings is 1. The Morgan fingerprint density at radius 2 is 2.10 bits per heavy atom. The molecular weight excluding hydrogens is 171 g/mol. The molecule has 54 valence electrons. The molecule has 0 aliphatic heterocycles. The van der Waals surface area contributed by atoms with Gasteiger partial charge in [0.1, 0.15) is 5.82 Å². The Labute approximate surface area is 69.4 Å². The van der Waals surface area contributed by atoms with Crippen molar-refractivity contribution in [2.24, 2.45) is 0 Å². The van der Waals surface area contributed by atoms with Gasteiger partial charge in [0.25, 0.3) is 0 Å². The molecule has 10 heavy (non-hydrogen) atoms. The molecule has 0 N–H and O–H groups in total. The van der Waals surface area contributed by atoms with Gasteiger partial charge in [-0.15, -0.1) is 12.6 Å². The summed E-state index contributed by atoms with van der Waals surface area (Å²) in [6.07, 6.45) is 0. The molecule has 0 saturated heterocycles. The lowest BCUT2D eigenvalue weighted by atomic mass is 10.2. The molecule has 1 aromatic carbocycles. The summed E-state index contributed by atoms with van der Waals surface area (Å²) in [7, 11) is 0. The van der Waals surface area contributed by atoms with Crippen molar-refractivity contribution in [3.63, 3.8) is 0 Å². The van der Waals surface area contributed by atoms with Gasteiger partial charge in [-0.1, -0.05) is 11.6 Å². The number of hydrogen-bond donors (Lipinski definition) is 1. The number of hydrogen-bond acceptors (Lipinski definition) is 1. The van der Waals surface area contributed by atoms with Crippen LogP contribution in [0.5, 0.6) is 0 Å². The molecule has 3 heteroatoms. The fraction of sp³-hybridized carbons (Fsp3) is 0.143. The van der Waals surface area contributed by atoms with Gasteiger partial charge in [-0.3, -0.25) is 0 Å². The summed E-state index contributed by atoms with van der Waals surface area (Å²) in [4.78, 5) is 0.597. The third-order valence-corrected chi connectivity index (χ3v) is 1.93. The highest BCUT2D eigenvalue weighted by atomic mass is 35.5. The van der Waals surface area contributed by atoms with Gasteiger partial charge < -0.3 is 0 Å². The van der Waals surface area contributed by atoms with Crippen LogP contribution in [0.1, 0.15) is 5.56 Å². The zero-order valence-corrected chi connectivity index (χ0v) is 7.01. The highest BCUT2D eigenvalue weighted by Gasteiger charge is 2.02. The molecule has 0 unspecified atom stereocenters. The maximum Gasteiger partial charge on any atom is 0.143 e. The Morgan fingerprint density at radius 1 is 1.50 bits per heavy atom. The lowest BCUT2D eigenvalue weighted by Gasteiger charge is -1.99. The predicted octanol–water partition coefficient (Wildman–Crippen LogP) is 3.08. The van der Waals surface area contributed by atoms with E-state index in [0.29, 0.717) is 10.5 Å². The van der Waals surface area contributed by atoms with Crippen LogP contribution < -0.4 is 0 Å². The van der Waals surface area contributed by atoms with Crippen molar-refractivity contribution < 1.29 is 4.39 Å². The first-order chi connectivity index (χ1) is 4.61. The van der Waals surface area contributed by atoms with Gasteiger partial charge in [-0.2, -0.15) is 0 Å². The monoisotopic (exact) mass is 176 g/mol. The SMILES string of the molecule is Cc1cc(S)cc(F)c1Cl. The topological polar surface area (TPSA) is 0 Å². The van der Waals surface area contributed by atoms with Crippen LogP contribution in [0.2, 0.25) is 5.02 Å². The molecule has 0 aliphatic carbocycles. The molecular formula is C7H6ClFS. The Balaban J connectivity index is 3.31. The zero-order chi connectivity index (χ0) is 7.72. The fourth-order valence-electron chi connectivity index (χ4n) is 0.708. The molecule has 0 aromatic heterocycles. The van der Waals surface area contributed by atoms with Crippen molar-refractivity contribution in [2.45, 2.75) is 11.8 Å². The zero-order valence-electron chi connectivity index (χ0n) is 5.36. The lowest BCUT2D eigenvalue weighted by Crippen LogP contribution is -1.81. The van der Waals surface area contributed by atoms with Gasteiger partial charge in [0, 0.05) is 4.90 Å². The molecule has 0 amide bonds. The molecule has 1 aromatic rings. The van der Waals surface area contributed by atoms with Crippen molar-refractivity contribution in [1.29, 1.82) is 0 Å². The van der Waals surface area contributed by atoms with Gasteiger partial charge in [0.05, 0.1) is 5.02 Å². The highest BCUT2D eigenvalue weighted by Crippen LogP contribution is 2.22. The summed E-state index contributed by atoms with van der Waals surface area (Å²) in [5.74, 6) is -0.410. The third-order valence-electron chi connectivity index (χ3n) is 1.19. The van der Waals surface area contributed by atoms with Crippen LogP contribution in [-0.4, -0.2) is 0 Å². The second-order valence-corrected chi connectivity index (χ2v) is 2.95. The number of aryl methyl sites for hydroxylation is 1. The van der Waals surface area contributed by atoms with Crippen molar-refractivity contribution >= 4 is 24.2 Å². The smallest absolute Gasteiger partial charge is 0.143 e. The molecule has 0 heterocycles. The summed E-state index contributed by atoms with van der Waals surface area (Å²) < 4.78 is 12.7. The molecule has 0 nitrogen and oxygen atoms in total. The summed E-state index contributed by atoms with van der Waals surface area (Å²) in [5, 5.41) is 0.179. The minimum Gasteiger partial charge on any atom is -0.205 e. The van der Waals surface area contributed by atoms with Crippen molar-refractivity contribution in [1.82, 2.24) is 0 Å². The van der Waals surface area contributed by atoms with Crippen LogP contribution in [0, 0.1) is 12.7 Å². The van der Waals surface area contributed by atoms with Gasteiger partial charge in [-0.05, 0) is 24.6 Å². The fourth-order valence-corrected chi connectivity index (χ4v) is 1.12. The third kappa shape index (κ3) is 1.44. The van der Waals surface area contributed by atoms with Gasteiger partial charge >= 0.3 is 0 Å². The van der Waals surface area contributed by atoms with Crippen LogP contribution in [0.25, 0.3) is 0 Å². The second-order valence-electron chi connectivity index (χ2n) is 2.06. The Bertz CT molecular complexity index is 237. The van der Waals surface area contributed by atoms with E-state index in [2.05, 4.69) is 12.6 Å². The molecule has 0 fully saturated rings. The Kier molecular flexibility index (Phi) is 2.21. The normalized spacial score (nSPS) is 10.0. The summed E-state index contributed by atoms with van der Waals surface area (Å²) >= 11 is 9.51. The largest absolute Gasteiger partial charge is 0.205 e. The first-order valence-corrected chi connectivity index (χ1v) is 3.58. The van der Waals surface area contributed by atoms with E-state index in [1.54, 1.807) is 13.0 Å². The molecule has 0 radical (unpaired) electrons. The van der Waals surface area contributed by atoms with E-state index in [1.165, 1.54) is 6.07 Å². The lowest BCUT2D eigenvalue weighted by molar-refractivity contribution is 0.623. The molecule has 0 bridgehead atoms. The molecule has 1 rings (SSSR count). The summed E-state index contributed by atoms with van der Waals surface area (Å²) in [6, 6.07) is 3.01. The first-order valence-electron chi connectivity index (χ1n) is 2.76. The van der Waals surface area contributed by atoms with Crippen LogP contribution >= 0.6 is 24.2 Å². The van der Waals surface area contributed by atoms with Gasteiger partial charge in [-0.25, -0.2) is 4.39 Å². The number of thiol groups is 1. The minimum atomic E-state index is -0.410. The predicted molar refractivity (Wildman–Crippen MR) is 43.4 cm³/mol. The van der Waals surface area contributed by atoms with Crippen LogP contribution in [0.4, 0.5) is 4.39 Å². The Morgan fingerprint density at radius 3 is 2.60 bits per heavy atom. The average molecular weight is 177 g/mol. The quantitative estimate of drug-likeness (QED) is 0.577.